The van der Waals surface area contributed by atoms with Gasteiger partial charge in [0.2, 0.25) is 0 Å². The minimum absolute atomic E-state index is 0.0189. The minimum atomic E-state index is -1.18. The number of ketones is 2. The van der Waals surface area contributed by atoms with Gasteiger partial charge in [-0.3, -0.25) is 9.59 Å². The van der Waals surface area contributed by atoms with Gasteiger partial charge in [-0.15, -0.1) is 0 Å². The van der Waals surface area contributed by atoms with Crippen molar-refractivity contribution in [3.63, 3.8) is 0 Å². The van der Waals surface area contributed by atoms with Crippen molar-refractivity contribution in [1.29, 1.82) is 0 Å². The van der Waals surface area contributed by atoms with E-state index in [1.165, 1.54) is 5.57 Å². The van der Waals surface area contributed by atoms with Crippen LogP contribution < -0.4 is 0 Å². The first-order valence-corrected chi connectivity index (χ1v) is 9.59. The first-order chi connectivity index (χ1) is 12.3. The van der Waals surface area contributed by atoms with E-state index in [0.717, 1.165) is 0 Å². The summed E-state index contributed by atoms with van der Waals surface area (Å²) < 4.78 is 5.96. The highest BCUT2D eigenvalue weighted by Gasteiger charge is 2.51. The first kappa shape index (κ1) is 21.4. The highest BCUT2D eigenvalue weighted by molar-refractivity contribution is 6.24. The topological polar surface area (TPSA) is 83.8 Å². The minimum Gasteiger partial charge on any atom is -0.511 e. The summed E-state index contributed by atoms with van der Waals surface area (Å²) in [6.07, 6.45) is 2.88. The smallest absolute Gasteiger partial charge is 0.183 e. The van der Waals surface area contributed by atoms with Gasteiger partial charge in [0.25, 0.3) is 0 Å². The molecule has 27 heavy (non-hydrogen) atoms. The number of fused-ring (bicyclic) bond motifs is 1. The van der Waals surface area contributed by atoms with E-state index in [4.69, 9.17) is 4.74 Å². The fraction of sp³-hybridized carbons (Fsp3) is 0.636. The first-order valence-electron chi connectivity index (χ1n) is 9.59. The lowest BCUT2D eigenvalue weighted by Crippen LogP contribution is -2.38. The van der Waals surface area contributed by atoms with Crippen LogP contribution in [0.25, 0.3) is 0 Å². The summed E-state index contributed by atoms with van der Waals surface area (Å²) in [4.78, 5) is 25.6. The van der Waals surface area contributed by atoms with Gasteiger partial charge < -0.3 is 14.9 Å². The second-order valence-corrected chi connectivity index (χ2v) is 8.99. The average molecular weight is 376 g/mol. The summed E-state index contributed by atoms with van der Waals surface area (Å²) in [5.74, 6) is -0.997. The van der Waals surface area contributed by atoms with E-state index in [1.807, 2.05) is 19.9 Å². The van der Waals surface area contributed by atoms with Gasteiger partial charge in [0.1, 0.15) is 23.2 Å². The lowest BCUT2D eigenvalue weighted by atomic mass is 9.73. The molecule has 0 bridgehead atoms. The lowest BCUT2D eigenvalue weighted by Gasteiger charge is -2.30. The number of Topliss-reactive ketones (excluding diaryl/α,β-unsaturated/α-hetero) is 2. The molecule has 0 aromatic carbocycles. The fourth-order valence-corrected chi connectivity index (χ4v) is 3.52. The van der Waals surface area contributed by atoms with E-state index >= 15 is 0 Å². The Hall–Kier alpha value is -1.88. The normalized spacial score (nSPS) is 23.9. The van der Waals surface area contributed by atoms with Gasteiger partial charge >= 0.3 is 0 Å². The molecule has 1 aliphatic carbocycles. The molecule has 0 amide bonds. The van der Waals surface area contributed by atoms with Crippen LogP contribution in [0.4, 0.5) is 0 Å². The predicted octanol–water partition coefficient (Wildman–Crippen LogP) is 4.17. The molecule has 1 fully saturated rings. The van der Waals surface area contributed by atoms with E-state index in [1.54, 1.807) is 34.6 Å². The molecule has 1 heterocycles. The van der Waals surface area contributed by atoms with Crippen LogP contribution in [0.5, 0.6) is 0 Å². The molecule has 2 aliphatic rings. The summed E-state index contributed by atoms with van der Waals surface area (Å²) >= 11 is 0. The Labute approximate surface area is 161 Å². The fourth-order valence-electron chi connectivity index (χ4n) is 3.52. The summed E-state index contributed by atoms with van der Waals surface area (Å²) in [6, 6.07) is 0. The molecule has 150 valence electrons. The third-order valence-corrected chi connectivity index (χ3v) is 5.49. The zero-order valence-electron chi connectivity index (χ0n) is 17.5. The summed E-state index contributed by atoms with van der Waals surface area (Å²) in [5.41, 5.74) is -0.665. The van der Waals surface area contributed by atoms with E-state index in [0.29, 0.717) is 18.4 Å². The van der Waals surface area contributed by atoms with Gasteiger partial charge in [-0.2, -0.15) is 0 Å². The maximum absolute atomic E-state index is 12.9. The van der Waals surface area contributed by atoms with Crippen molar-refractivity contribution >= 4 is 11.6 Å². The Morgan fingerprint density at radius 1 is 1.37 bits per heavy atom. The van der Waals surface area contributed by atoms with Crippen molar-refractivity contribution < 1.29 is 24.5 Å². The number of carbonyl (C=O) groups is 2. The highest BCUT2D eigenvalue weighted by Crippen LogP contribution is 2.48. The number of aliphatic hydroxyl groups excluding tert-OH is 1. The Morgan fingerprint density at radius 2 is 1.96 bits per heavy atom. The van der Waals surface area contributed by atoms with E-state index in [-0.39, 0.29) is 35.2 Å². The Kier molecular flexibility index (Phi) is 5.77. The maximum Gasteiger partial charge on any atom is 0.183 e. The second kappa shape index (κ2) is 7.27. The molecule has 2 rings (SSSR count). The Balaban J connectivity index is 2.45. The summed E-state index contributed by atoms with van der Waals surface area (Å²) in [5, 5.41) is 21.6. The maximum atomic E-state index is 12.9. The van der Waals surface area contributed by atoms with Gasteiger partial charge in [0, 0.05) is 17.9 Å². The van der Waals surface area contributed by atoms with Gasteiger partial charge in [-0.1, -0.05) is 25.5 Å². The standard InChI is InChI=1S/C22H32O5/c1-12(2)9-8-10-22(7,26)15-11-14-18(27-15)16(17(23)13(3)4)20(25)21(5,6)19(14)24/h9,13,15,24,26H,8,10-11H2,1-7H3. The quantitative estimate of drug-likeness (QED) is 0.537. The van der Waals surface area contributed by atoms with E-state index < -0.39 is 22.9 Å². The molecule has 0 saturated carbocycles. The molecule has 0 radical (unpaired) electrons. The number of allylic oxidation sites excluding steroid dienone is 5. The SMILES string of the molecule is CC(C)=CCCC(C)(O)C1CC2=C(O)C(C)(C)C(=O)C(C(=O)C(C)C)=C2O1. The van der Waals surface area contributed by atoms with Crippen LogP contribution >= 0.6 is 0 Å². The van der Waals surface area contributed by atoms with Crippen LogP contribution in [-0.4, -0.2) is 33.5 Å². The van der Waals surface area contributed by atoms with E-state index in [9.17, 15) is 19.8 Å². The molecular formula is C22H32O5. The highest BCUT2D eigenvalue weighted by atomic mass is 16.5. The molecule has 0 aromatic rings. The zero-order chi connectivity index (χ0) is 20.7. The third-order valence-electron chi connectivity index (χ3n) is 5.49. The monoisotopic (exact) mass is 376 g/mol. The Bertz CT molecular complexity index is 743. The molecule has 1 aliphatic heterocycles. The molecule has 1 saturated heterocycles. The number of ether oxygens (including phenoxy) is 1. The molecule has 5 heteroatoms. The van der Waals surface area contributed by atoms with Crippen LogP contribution in [0.2, 0.25) is 0 Å². The number of aliphatic hydroxyl groups is 2. The molecule has 2 atom stereocenters. The molecule has 2 unspecified atom stereocenters. The van der Waals surface area contributed by atoms with E-state index in [2.05, 4.69) is 0 Å². The lowest BCUT2D eigenvalue weighted by molar-refractivity contribution is -0.128. The zero-order valence-corrected chi connectivity index (χ0v) is 17.5. The van der Waals surface area contributed by atoms with Crippen molar-refractivity contribution in [2.24, 2.45) is 11.3 Å². The van der Waals surface area contributed by atoms with Crippen molar-refractivity contribution in [3.05, 3.63) is 34.3 Å². The van der Waals surface area contributed by atoms with Gasteiger partial charge in [-0.25, -0.2) is 0 Å². The van der Waals surface area contributed by atoms with Crippen molar-refractivity contribution in [3.8, 4) is 0 Å². The number of carbonyl (C=O) groups excluding carboxylic acids is 2. The van der Waals surface area contributed by atoms with Crippen molar-refractivity contribution in [1.82, 2.24) is 0 Å². The molecule has 5 nitrogen and oxygen atoms in total. The van der Waals surface area contributed by atoms with Gasteiger partial charge in [0.15, 0.2) is 11.6 Å². The number of rotatable bonds is 6. The Morgan fingerprint density at radius 3 is 2.48 bits per heavy atom. The number of hydrogen-bond acceptors (Lipinski definition) is 5. The van der Waals surface area contributed by atoms with Crippen LogP contribution in [0.3, 0.4) is 0 Å². The van der Waals surface area contributed by atoms with Crippen LogP contribution in [-0.2, 0) is 14.3 Å². The van der Waals surface area contributed by atoms with Gasteiger partial charge in [-0.05, 0) is 47.5 Å². The predicted molar refractivity (Wildman–Crippen MR) is 104 cm³/mol. The van der Waals surface area contributed by atoms with Crippen molar-refractivity contribution in [2.75, 3.05) is 0 Å². The molecule has 0 aromatic heterocycles. The van der Waals surface area contributed by atoms with Crippen LogP contribution in [0.15, 0.2) is 34.3 Å². The van der Waals surface area contributed by atoms with Crippen molar-refractivity contribution in [2.45, 2.75) is 79.4 Å². The van der Waals surface area contributed by atoms with Crippen LogP contribution in [0, 0.1) is 11.3 Å². The number of hydrogen-bond donors (Lipinski definition) is 2. The van der Waals surface area contributed by atoms with Crippen LogP contribution in [0.1, 0.15) is 67.7 Å². The largest absolute Gasteiger partial charge is 0.511 e. The summed E-state index contributed by atoms with van der Waals surface area (Å²) in [6.45, 7) is 12.4. The van der Waals surface area contributed by atoms with Gasteiger partial charge in [0.05, 0.1) is 11.0 Å². The molecular weight excluding hydrogens is 344 g/mol. The summed E-state index contributed by atoms with van der Waals surface area (Å²) in [7, 11) is 0. The average Bonchev–Trinajstić information content (AvgIpc) is 2.98. The second-order valence-electron chi connectivity index (χ2n) is 8.99. The third kappa shape index (κ3) is 3.88. The molecule has 0 spiro atoms. The molecule has 2 N–H and O–H groups in total.